The van der Waals surface area contributed by atoms with E-state index in [1.54, 1.807) is 38.7 Å². The van der Waals surface area contributed by atoms with Crippen LogP contribution in [0.1, 0.15) is 11.5 Å². The van der Waals surface area contributed by atoms with Crippen LogP contribution in [0.4, 0.5) is 0 Å². The third-order valence-corrected chi connectivity index (χ3v) is 3.01. The summed E-state index contributed by atoms with van der Waals surface area (Å²) >= 11 is 0. The van der Waals surface area contributed by atoms with Crippen molar-refractivity contribution in [3.63, 3.8) is 0 Å². The van der Waals surface area contributed by atoms with Crippen molar-refractivity contribution in [3.8, 4) is 23.1 Å². The maximum atomic E-state index is 5.50. The van der Waals surface area contributed by atoms with Crippen LogP contribution in [0, 0.1) is 0 Å². The number of furan rings is 1. The zero-order valence-electron chi connectivity index (χ0n) is 12.1. The molecule has 0 saturated heterocycles. The molecular formula is C16H14N2O4. The number of nitrogens with zero attached hydrogens (tertiary/aromatic N) is 2. The van der Waals surface area contributed by atoms with Gasteiger partial charge >= 0.3 is 0 Å². The largest absolute Gasteiger partial charge is 0.493 e. The molecule has 0 saturated carbocycles. The van der Waals surface area contributed by atoms with Gasteiger partial charge in [-0.1, -0.05) is 12.1 Å². The van der Waals surface area contributed by atoms with E-state index in [-0.39, 0.29) is 0 Å². The molecule has 0 aliphatic rings. The van der Waals surface area contributed by atoms with Gasteiger partial charge in [0.05, 0.1) is 20.5 Å². The van der Waals surface area contributed by atoms with Crippen LogP contribution < -0.4 is 9.47 Å². The minimum absolute atomic E-state index is 0.335. The average Bonchev–Trinajstić information content (AvgIpc) is 3.23. The summed E-state index contributed by atoms with van der Waals surface area (Å²) in [5.41, 5.74) is 0.847. The van der Waals surface area contributed by atoms with Gasteiger partial charge in [0.25, 0.3) is 5.89 Å². The Balaban J connectivity index is 1.86. The minimum Gasteiger partial charge on any atom is -0.493 e. The summed E-state index contributed by atoms with van der Waals surface area (Å²) in [5, 5.41) is 7.88. The van der Waals surface area contributed by atoms with E-state index < -0.39 is 0 Å². The Labute approximate surface area is 127 Å². The van der Waals surface area contributed by atoms with Gasteiger partial charge in [-0.2, -0.15) is 0 Å². The smallest absolute Gasteiger partial charge is 0.283 e. The molecule has 2 heterocycles. The molecule has 0 aliphatic heterocycles. The van der Waals surface area contributed by atoms with Crippen LogP contribution in [0.3, 0.4) is 0 Å². The van der Waals surface area contributed by atoms with Crippen molar-refractivity contribution in [2.24, 2.45) is 0 Å². The second-order valence-electron chi connectivity index (χ2n) is 4.34. The molecule has 112 valence electrons. The van der Waals surface area contributed by atoms with Crippen molar-refractivity contribution in [1.29, 1.82) is 0 Å². The summed E-state index contributed by atoms with van der Waals surface area (Å²) in [5.74, 6) is 2.54. The molecule has 6 nitrogen and oxygen atoms in total. The zero-order chi connectivity index (χ0) is 15.4. The van der Waals surface area contributed by atoms with Gasteiger partial charge < -0.3 is 18.3 Å². The zero-order valence-corrected chi connectivity index (χ0v) is 12.1. The molecule has 0 atom stereocenters. The number of methoxy groups -OCH3 is 2. The number of hydrogen-bond acceptors (Lipinski definition) is 6. The molecule has 0 spiro atoms. The number of ether oxygens (including phenoxy) is 2. The minimum atomic E-state index is 0.335. The fourth-order valence-electron chi connectivity index (χ4n) is 2.01. The number of rotatable bonds is 5. The first-order valence-corrected chi connectivity index (χ1v) is 6.58. The van der Waals surface area contributed by atoms with Crippen molar-refractivity contribution >= 4 is 12.2 Å². The Morgan fingerprint density at radius 1 is 1.00 bits per heavy atom. The van der Waals surface area contributed by atoms with E-state index >= 15 is 0 Å². The van der Waals surface area contributed by atoms with Gasteiger partial charge in [0.1, 0.15) is 0 Å². The maximum Gasteiger partial charge on any atom is 0.283 e. The molecular weight excluding hydrogens is 284 g/mol. The van der Waals surface area contributed by atoms with Crippen molar-refractivity contribution < 1.29 is 18.3 Å². The molecule has 2 aromatic heterocycles. The first-order valence-electron chi connectivity index (χ1n) is 6.58. The molecule has 0 fully saturated rings. The summed E-state index contributed by atoms with van der Waals surface area (Å²) in [7, 11) is 3.19. The lowest BCUT2D eigenvalue weighted by molar-refractivity contribution is 0.354. The van der Waals surface area contributed by atoms with E-state index in [4.69, 9.17) is 18.3 Å². The maximum absolute atomic E-state index is 5.50. The predicted octanol–water partition coefficient (Wildman–Crippen LogP) is 3.52. The average molecular weight is 298 g/mol. The van der Waals surface area contributed by atoms with Crippen LogP contribution in [0.15, 0.2) is 45.4 Å². The van der Waals surface area contributed by atoms with Crippen LogP contribution in [0.2, 0.25) is 0 Å². The van der Waals surface area contributed by atoms with E-state index in [0.717, 1.165) is 5.56 Å². The third kappa shape index (κ3) is 2.71. The Bertz CT molecular complexity index is 775. The Kier molecular flexibility index (Phi) is 3.91. The third-order valence-electron chi connectivity index (χ3n) is 3.01. The highest BCUT2D eigenvalue weighted by Crippen LogP contribution is 2.31. The summed E-state index contributed by atoms with van der Waals surface area (Å²) in [6.07, 6.45) is 5.08. The number of para-hydroxylation sites is 1. The molecule has 0 amide bonds. The molecule has 6 heteroatoms. The quantitative estimate of drug-likeness (QED) is 0.717. The molecule has 3 aromatic rings. The summed E-state index contributed by atoms with van der Waals surface area (Å²) in [6, 6.07) is 9.13. The summed E-state index contributed by atoms with van der Waals surface area (Å²) in [4.78, 5) is 0. The van der Waals surface area contributed by atoms with E-state index in [0.29, 0.717) is 29.0 Å². The molecule has 0 N–H and O–H groups in total. The van der Waals surface area contributed by atoms with Gasteiger partial charge in [0, 0.05) is 11.6 Å². The molecule has 0 aliphatic carbocycles. The highest BCUT2D eigenvalue weighted by Gasteiger charge is 2.10. The SMILES string of the molecule is COc1cccc(/C=C/c2nnc(-c3ccco3)o2)c1OC. The Morgan fingerprint density at radius 2 is 1.91 bits per heavy atom. The van der Waals surface area contributed by atoms with Gasteiger partial charge in [-0.3, -0.25) is 0 Å². The van der Waals surface area contributed by atoms with Crippen molar-refractivity contribution in [3.05, 3.63) is 48.0 Å². The lowest BCUT2D eigenvalue weighted by Crippen LogP contribution is -1.92. The first-order chi connectivity index (χ1) is 10.8. The predicted molar refractivity (Wildman–Crippen MR) is 80.5 cm³/mol. The van der Waals surface area contributed by atoms with E-state index in [9.17, 15) is 0 Å². The summed E-state index contributed by atoms with van der Waals surface area (Å²) in [6.45, 7) is 0. The molecule has 3 rings (SSSR count). The van der Waals surface area contributed by atoms with Gasteiger partial charge in [-0.15, -0.1) is 10.2 Å². The molecule has 0 unspecified atom stereocenters. The van der Waals surface area contributed by atoms with Gasteiger partial charge in [0.15, 0.2) is 17.3 Å². The summed E-state index contributed by atoms with van der Waals surface area (Å²) < 4.78 is 21.3. The van der Waals surface area contributed by atoms with Crippen molar-refractivity contribution in [2.75, 3.05) is 14.2 Å². The van der Waals surface area contributed by atoms with Crippen LogP contribution in [-0.4, -0.2) is 24.4 Å². The van der Waals surface area contributed by atoms with Gasteiger partial charge in [0.2, 0.25) is 5.89 Å². The van der Waals surface area contributed by atoms with Crippen LogP contribution in [-0.2, 0) is 0 Å². The standard InChI is InChI=1S/C16H14N2O4/c1-19-12-6-3-5-11(15(12)20-2)8-9-14-17-18-16(22-14)13-7-4-10-21-13/h3-10H,1-2H3/b9-8+. The number of benzene rings is 1. The van der Waals surface area contributed by atoms with Gasteiger partial charge in [-0.25, -0.2) is 0 Å². The normalized spacial score (nSPS) is 11.0. The fourth-order valence-corrected chi connectivity index (χ4v) is 2.01. The van der Waals surface area contributed by atoms with E-state index in [1.165, 1.54) is 0 Å². The van der Waals surface area contributed by atoms with E-state index in [2.05, 4.69) is 10.2 Å². The molecule has 1 aromatic carbocycles. The van der Waals surface area contributed by atoms with Crippen LogP contribution in [0.25, 0.3) is 23.8 Å². The van der Waals surface area contributed by atoms with Crippen molar-refractivity contribution in [2.45, 2.75) is 0 Å². The fraction of sp³-hybridized carbons (Fsp3) is 0.125. The topological polar surface area (TPSA) is 70.5 Å². The highest BCUT2D eigenvalue weighted by molar-refractivity contribution is 5.72. The first kappa shape index (κ1) is 13.9. The lowest BCUT2D eigenvalue weighted by atomic mass is 10.1. The van der Waals surface area contributed by atoms with E-state index in [1.807, 2.05) is 24.3 Å². The highest BCUT2D eigenvalue weighted by atomic mass is 16.5. The number of aromatic nitrogens is 2. The second-order valence-corrected chi connectivity index (χ2v) is 4.34. The van der Waals surface area contributed by atoms with Crippen LogP contribution in [0.5, 0.6) is 11.5 Å². The molecule has 22 heavy (non-hydrogen) atoms. The second kappa shape index (κ2) is 6.17. The Morgan fingerprint density at radius 3 is 2.64 bits per heavy atom. The van der Waals surface area contributed by atoms with Crippen LogP contribution >= 0.6 is 0 Å². The lowest BCUT2D eigenvalue weighted by Gasteiger charge is -2.09. The number of hydrogen-bond donors (Lipinski definition) is 0. The Hall–Kier alpha value is -3.02. The molecule has 0 radical (unpaired) electrons. The monoisotopic (exact) mass is 298 g/mol. The van der Waals surface area contributed by atoms with Gasteiger partial charge in [-0.05, 0) is 24.3 Å². The molecule has 0 bridgehead atoms. The van der Waals surface area contributed by atoms with Crippen molar-refractivity contribution in [1.82, 2.24) is 10.2 Å².